The van der Waals surface area contributed by atoms with Gasteiger partial charge >= 0.3 is 11.9 Å². The number of Topliss-reactive ketones (excluding diaryl/α,β-unsaturated/α-hetero) is 1. The van der Waals surface area contributed by atoms with Gasteiger partial charge in [0.25, 0.3) is 5.69 Å². The Morgan fingerprint density at radius 3 is 2.10 bits per heavy atom. The highest BCUT2D eigenvalue weighted by molar-refractivity contribution is 6.02. The maximum atomic E-state index is 12.5. The molecule has 0 unspecified atom stereocenters. The van der Waals surface area contributed by atoms with Gasteiger partial charge in [-0.25, -0.2) is 9.59 Å². The molecule has 0 aliphatic carbocycles. The molecule has 2 rings (SSSR count). The number of hydrogen-bond donors (Lipinski definition) is 0. The van der Waals surface area contributed by atoms with Gasteiger partial charge in [-0.1, -0.05) is 0 Å². The van der Waals surface area contributed by atoms with Gasteiger partial charge in [0.05, 0.1) is 29.8 Å². The minimum atomic E-state index is -1.15. The minimum absolute atomic E-state index is 0.181. The molecule has 0 spiro atoms. The predicted octanol–water partition coefficient (Wildman–Crippen LogP) is 3.21. The molecule has 2 aromatic carbocycles. The monoisotopic (exact) mass is 401 g/mol. The maximum Gasteiger partial charge on any atom is 0.339 e. The molecule has 0 amide bonds. The standard InChI is InChI=1S/C20H19NO8/c1-4-28-17-7-5-13(6-8-17)18(22)12(2)29-20(24)15-9-14(19(23)27-3)10-16(11-15)21(25)26/h5-12H,4H2,1-3H3/t12-/m1/s1. The lowest BCUT2D eigenvalue weighted by Crippen LogP contribution is -2.24. The van der Waals surface area contributed by atoms with Gasteiger partial charge < -0.3 is 14.2 Å². The molecule has 152 valence electrons. The van der Waals surface area contributed by atoms with E-state index in [1.54, 1.807) is 24.3 Å². The number of benzene rings is 2. The first-order valence-corrected chi connectivity index (χ1v) is 8.62. The molecule has 0 aromatic heterocycles. The number of nitro benzene ring substituents is 1. The van der Waals surface area contributed by atoms with Gasteiger partial charge in [-0.3, -0.25) is 14.9 Å². The van der Waals surface area contributed by atoms with Crippen molar-refractivity contribution in [1.29, 1.82) is 0 Å². The lowest BCUT2D eigenvalue weighted by Gasteiger charge is -2.13. The number of ether oxygens (including phenoxy) is 3. The zero-order valence-corrected chi connectivity index (χ0v) is 16.0. The maximum absolute atomic E-state index is 12.5. The van der Waals surface area contributed by atoms with Crippen LogP contribution in [0, 0.1) is 10.1 Å². The molecule has 0 aliphatic rings. The molecule has 2 aromatic rings. The van der Waals surface area contributed by atoms with Gasteiger partial charge in [0.2, 0.25) is 5.78 Å². The topological polar surface area (TPSA) is 122 Å². The Morgan fingerprint density at radius 1 is 1.00 bits per heavy atom. The van der Waals surface area contributed by atoms with Crippen molar-refractivity contribution in [3.8, 4) is 5.75 Å². The average molecular weight is 401 g/mol. The molecular weight excluding hydrogens is 382 g/mol. The van der Waals surface area contributed by atoms with Crippen molar-refractivity contribution < 1.29 is 33.5 Å². The Morgan fingerprint density at radius 2 is 1.59 bits per heavy atom. The van der Waals surface area contributed by atoms with Gasteiger partial charge in [0.1, 0.15) is 5.75 Å². The summed E-state index contributed by atoms with van der Waals surface area (Å²) in [4.78, 5) is 46.9. The number of nitrogens with zero attached hydrogens (tertiary/aromatic N) is 1. The Hall–Kier alpha value is -3.75. The smallest absolute Gasteiger partial charge is 0.339 e. The number of carbonyl (C=O) groups excluding carboxylic acids is 3. The summed E-state index contributed by atoms with van der Waals surface area (Å²) in [5, 5.41) is 11.1. The van der Waals surface area contributed by atoms with Crippen LogP contribution in [0.25, 0.3) is 0 Å². The molecule has 0 radical (unpaired) electrons. The third-order valence-electron chi connectivity index (χ3n) is 3.89. The Balaban J connectivity index is 2.19. The number of non-ortho nitro benzene ring substituents is 1. The number of rotatable bonds is 8. The van der Waals surface area contributed by atoms with Crippen LogP contribution in [0.15, 0.2) is 42.5 Å². The second-order valence-electron chi connectivity index (χ2n) is 5.89. The first kappa shape index (κ1) is 21.5. The number of methoxy groups -OCH3 is 1. The van der Waals surface area contributed by atoms with E-state index in [0.717, 1.165) is 25.3 Å². The van der Waals surface area contributed by atoms with Crippen LogP contribution < -0.4 is 4.74 Å². The molecule has 1 atom stereocenters. The molecule has 0 saturated carbocycles. The van der Waals surface area contributed by atoms with Crippen LogP contribution >= 0.6 is 0 Å². The van der Waals surface area contributed by atoms with Crippen molar-refractivity contribution >= 4 is 23.4 Å². The third kappa shape index (κ3) is 5.38. The van der Waals surface area contributed by atoms with Crippen LogP contribution in [0.5, 0.6) is 5.75 Å². The van der Waals surface area contributed by atoms with Crippen LogP contribution in [-0.2, 0) is 9.47 Å². The zero-order valence-electron chi connectivity index (χ0n) is 16.0. The van der Waals surface area contributed by atoms with Gasteiger partial charge in [0.15, 0.2) is 6.10 Å². The van der Waals surface area contributed by atoms with Gasteiger partial charge in [-0.05, 0) is 44.2 Å². The summed E-state index contributed by atoms with van der Waals surface area (Å²) < 4.78 is 15.0. The predicted molar refractivity (Wildman–Crippen MR) is 101 cm³/mol. The fourth-order valence-electron chi connectivity index (χ4n) is 2.47. The SMILES string of the molecule is CCOc1ccc(C(=O)[C@@H](C)OC(=O)c2cc(C(=O)OC)cc([N+](=O)[O-])c2)cc1. The van der Waals surface area contributed by atoms with E-state index < -0.39 is 34.4 Å². The summed E-state index contributed by atoms with van der Waals surface area (Å²) in [6.45, 7) is 3.70. The molecule has 0 heterocycles. The average Bonchev–Trinajstić information content (AvgIpc) is 2.72. The number of ketones is 1. The largest absolute Gasteiger partial charge is 0.494 e. The van der Waals surface area contributed by atoms with Gasteiger partial charge in [-0.15, -0.1) is 0 Å². The first-order valence-electron chi connectivity index (χ1n) is 8.62. The summed E-state index contributed by atoms with van der Waals surface area (Å²) in [6.07, 6.45) is -1.15. The highest BCUT2D eigenvalue weighted by Gasteiger charge is 2.23. The van der Waals surface area contributed by atoms with E-state index in [0.29, 0.717) is 17.9 Å². The van der Waals surface area contributed by atoms with Crippen molar-refractivity contribution in [3.63, 3.8) is 0 Å². The van der Waals surface area contributed by atoms with Crippen LogP contribution in [0.1, 0.15) is 44.9 Å². The molecule has 9 heteroatoms. The van der Waals surface area contributed by atoms with Crippen molar-refractivity contribution in [2.75, 3.05) is 13.7 Å². The fraction of sp³-hybridized carbons (Fsp3) is 0.250. The highest BCUT2D eigenvalue weighted by atomic mass is 16.6. The molecule has 0 aliphatic heterocycles. The summed E-state index contributed by atoms with van der Waals surface area (Å²) in [6, 6.07) is 9.37. The Kier molecular flexibility index (Phi) is 7.02. The van der Waals surface area contributed by atoms with Crippen molar-refractivity contribution in [2.45, 2.75) is 20.0 Å². The van der Waals surface area contributed by atoms with Crippen molar-refractivity contribution in [2.24, 2.45) is 0 Å². The van der Waals surface area contributed by atoms with Crippen LogP contribution in [-0.4, -0.2) is 42.5 Å². The van der Waals surface area contributed by atoms with E-state index in [1.807, 2.05) is 6.92 Å². The number of hydrogen-bond acceptors (Lipinski definition) is 8. The van der Waals surface area contributed by atoms with Crippen molar-refractivity contribution in [3.05, 3.63) is 69.3 Å². The second kappa shape index (κ2) is 9.45. The molecule has 0 fully saturated rings. The van der Waals surface area contributed by atoms with Crippen LogP contribution in [0.2, 0.25) is 0 Å². The molecule has 0 saturated heterocycles. The van der Waals surface area contributed by atoms with Crippen molar-refractivity contribution in [1.82, 2.24) is 0 Å². The zero-order chi connectivity index (χ0) is 21.6. The summed E-state index contributed by atoms with van der Waals surface area (Å²) in [7, 11) is 1.11. The summed E-state index contributed by atoms with van der Waals surface area (Å²) >= 11 is 0. The quantitative estimate of drug-likeness (QED) is 0.286. The molecule has 0 N–H and O–H groups in total. The normalized spacial score (nSPS) is 11.3. The molecular formula is C20H19NO8. The Bertz CT molecular complexity index is 936. The molecule has 9 nitrogen and oxygen atoms in total. The highest BCUT2D eigenvalue weighted by Crippen LogP contribution is 2.20. The van der Waals surface area contributed by atoms with E-state index in [1.165, 1.54) is 6.92 Å². The van der Waals surface area contributed by atoms with Gasteiger partial charge in [-0.2, -0.15) is 0 Å². The van der Waals surface area contributed by atoms with Crippen LogP contribution in [0.3, 0.4) is 0 Å². The fourth-order valence-corrected chi connectivity index (χ4v) is 2.47. The second-order valence-corrected chi connectivity index (χ2v) is 5.89. The summed E-state index contributed by atoms with van der Waals surface area (Å²) in [5.74, 6) is -1.69. The van der Waals surface area contributed by atoms with E-state index in [4.69, 9.17) is 9.47 Å². The number of carbonyl (C=O) groups is 3. The number of esters is 2. The number of nitro groups is 1. The third-order valence-corrected chi connectivity index (χ3v) is 3.89. The van der Waals surface area contributed by atoms with Gasteiger partial charge in [0, 0.05) is 17.7 Å². The van der Waals surface area contributed by atoms with E-state index in [9.17, 15) is 24.5 Å². The van der Waals surface area contributed by atoms with E-state index in [-0.39, 0.29) is 11.1 Å². The Labute approximate surface area is 166 Å². The lowest BCUT2D eigenvalue weighted by atomic mass is 10.1. The minimum Gasteiger partial charge on any atom is -0.494 e. The lowest BCUT2D eigenvalue weighted by molar-refractivity contribution is -0.384. The van der Waals surface area contributed by atoms with E-state index >= 15 is 0 Å². The molecule has 0 bridgehead atoms. The molecule has 29 heavy (non-hydrogen) atoms. The summed E-state index contributed by atoms with van der Waals surface area (Å²) in [5.41, 5.74) is -0.599. The van der Waals surface area contributed by atoms with E-state index in [2.05, 4.69) is 4.74 Å². The first-order chi connectivity index (χ1) is 13.8. The van der Waals surface area contributed by atoms with Crippen LogP contribution in [0.4, 0.5) is 5.69 Å².